The minimum absolute atomic E-state index is 0.221. The van der Waals surface area contributed by atoms with Crippen LogP contribution in [0.2, 0.25) is 0 Å². The Morgan fingerprint density at radius 1 is 1.62 bits per heavy atom. The van der Waals surface area contributed by atoms with Gasteiger partial charge in [-0.2, -0.15) is 0 Å². The highest BCUT2D eigenvalue weighted by molar-refractivity contribution is 5.07. The Hall–Kier alpha value is -0.930. The number of aliphatic hydroxyl groups excluding tert-OH is 1. The molecule has 72 valence electrons. The number of nitrogens with one attached hydrogen (secondary N) is 1. The molecule has 3 heteroatoms. The summed E-state index contributed by atoms with van der Waals surface area (Å²) in [6, 6.07) is 3.95. The number of rotatable bonds is 5. The molecule has 0 bridgehead atoms. The second-order valence-corrected chi connectivity index (χ2v) is 3.18. The van der Waals surface area contributed by atoms with E-state index in [-0.39, 0.29) is 6.10 Å². The summed E-state index contributed by atoms with van der Waals surface area (Å²) in [6.07, 6.45) is 4.18. The van der Waals surface area contributed by atoms with Gasteiger partial charge in [0.1, 0.15) is 0 Å². The molecule has 0 saturated heterocycles. The van der Waals surface area contributed by atoms with Crippen LogP contribution in [0.15, 0.2) is 24.5 Å². The third-order valence-electron chi connectivity index (χ3n) is 1.79. The van der Waals surface area contributed by atoms with Crippen LogP contribution in [0.4, 0.5) is 0 Å². The van der Waals surface area contributed by atoms with Crippen LogP contribution < -0.4 is 5.32 Å². The number of hydrogen-bond acceptors (Lipinski definition) is 3. The molecule has 0 aromatic carbocycles. The molecule has 0 aliphatic carbocycles. The summed E-state index contributed by atoms with van der Waals surface area (Å²) in [7, 11) is 0. The van der Waals surface area contributed by atoms with E-state index < -0.39 is 0 Å². The van der Waals surface area contributed by atoms with Gasteiger partial charge in [-0.05, 0) is 31.5 Å². The molecule has 0 unspecified atom stereocenters. The lowest BCUT2D eigenvalue weighted by atomic mass is 10.2. The average Bonchev–Trinajstić information content (AvgIpc) is 2.14. The fourth-order valence-electron chi connectivity index (χ4n) is 1.05. The monoisotopic (exact) mass is 180 g/mol. The van der Waals surface area contributed by atoms with Crippen molar-refractivity contribution >= 4 is 0 Å². The van der Waals surface area contributed by atoms with Crippen molar-refractivity contribution in [3.05, 3.63) is 30.1 Å². The van der Waals surface area contributed by atoms with E-state index in [4.69, 9.17) is 5.11 Å². The van der Waals surface area contributed by atoms with Gasteiger partial charge in [-0.15, -0.1) is 0 Å². The highest BCUT2D eigenvalue weighted by atomic mass is 16.3. The largest absolute Gasteiger partial charge is 0.393 e. The highest BCUT2D eigenvalue weighted by Gasteiger charge is 1.95. The van der Waals surface area contributed by atoms with Crippen molar-refractivity contribution in [2.24, 2.45) is 0 Å². The molecule has 3 nitrogen and oxygen atoms in total. The lowest BCUT2D eigenvalue weighted by Gasteiger charge is -2.05. The molecular weight excluding hydrogens is 164 g/mol. The van der Waals surface area contributed by atoms with Crippen molar-refractivity contribution < 1.29 is 5.11 Å². The Kier molecular flexibility index (Phi) is 4.43. The van der Waals surface area contributed by atoms with Crippen LogP contribution in [0.1, 0.15) is 18.9 Å². The first-order valence-electron chi connectivity index (χ1n) is 4.56. The molecule has 1 aromatic heterocycles. The van der Waals surface area contributed by atoms with Crippen LogP contribution in [0.5, 0.6) is 0 Å². The molecule has 1 rings (SSSR count). The Bertz CT molecular complexity index is 224. The van der Waals surface area contributed by atoms with Gasteiger partial charge in [-0.3, -0.25) is 4.98 Å². The first-order valence-corrected chi connectivity index (χ1v) is 4.56. The first kappa shape index (κ1) is 10.2. The molecule has 0 fully saturated rings. The van der Waals surface area contributed by atoms with E-state index in [1.54, 1.807) is 13.1 Å². The quantitative estimate of drug-likeness (QED) is 0.663. The van der Waals surface area contributed by atoms with Gasteiger partial charge in [0.25, 0.3) is 0 Å². The molecule has 1 heterocycles. The van der Waals surface area contributed by atoms with Gasteiger partial charge in [-0.1, -0.05) is 6.07 Å². The van der Waals surface area contributed by atoms with Gasteiger partial charge in [0, 0.05) is 18.9 Å². The summed E-state index contributed by atoms with van der Waals surface area (Å²) >= 11 is 0. The fourth-order valence-corrected chi connectivity index (χ4v) is 1.05. The normalized spacial score (nSPS) is 12.8. The zero-order valence-corrected chi connectivity index (χ0v) is 7.90. The lowest BCUT2D eigenvalue weighted by Crippen LogP contribution is -2.18. The lowest BCUT2D eigenvalue weighted by molar-refractivity contribution is 0.183. The van der Waals surface area contributed by atoms with Crippen molar-refractivity contribution in [2.75, 3.05) is 6.54 Å². The Balaban J connectivity index is 2.13. The molecule has 0 saturated carbocycles. The maximum absolute atomic E-state index is 9.00. The Morgan fingerprint density at radius 3 is 3.08 bits per heavy atom. The number of hydrogen-bond donors (Lipinski definition) is 2. The molecule has 1 aromatic rings. The van der Waals surface area contributed by atoms with Crippen LogP contribution in [0.25, 0.3) is 0 Å². The van der Waals surface area contributed by atoms with Gasteiger partial charge in [-0.25, -0.2) is 0 Å². The van der Waals surface area contributed by atoms with Crippen LogP contribution in [-0.4, -0.2) is 22.7 Å². The van der Waals surface area contributed by atoms with Crippen molar-refractivity contribution in [1.29, 1.82) is 0 Å². The standard InChI is InChI=1S/C10H16N2O/c1-9(13)4-6-12-8-10-3-2-5-11-7-10/h2-3,5,7,9,12-13H,4,6,8H2,1H3/t9-/m0/s1. The van der Waals surface area contributed by atoms with Gasteiger partial charge < -0.3 is 10.4 Å². The second kappa shape index (κ2) is 5.67. The molecule has 0 radical (unpaired) electrons. The van der Waals surface area contributed by atoms with Crippen molar-refractivity contribution in [3.63, 3.8) is 0 Å². The smallest absolute Gasteiger partial charge is 0.0524 e. The predicted octanol–water partition coefficient (Wildman–Crippen LogP) is 0.942. The fraction of sp³-hybridized carbons (Fsp3) is 0.500. The van der Waals surface area contributed by atoms with E-state index >= 15 is 0 Å². The van der Waals surface area contributed by atoms with E-state index in [0.717, 1.165) is 19.5 Å². The SMILES string of the molecule is C[C@H](O)CCNCc1cccnc1. The predicted molar refractivity (Wildman–Crippen MR) is 52.2 cm³/mol. The zero-order chi connectivity index (χ0) is 9.52. The van der Waals surface area contributed by atoms with E-state index in [1.807, 2.05) is 18.3 Å². The molecule has 2 N–H and O–H groups in total. The van der Waals surface area contributed by atoms with E-state index in [2.05, 4.69) is 10.3 Å². The molecular formula is C10H16N2O. The van der Waals surface area contributed by atoms with E-state index in [1.165, 1.54) is 5.56 Å². The Morgan fingerprint density at radius 2 is 2.46 bits per heavy atom. The third-order valence-corrected chi connectivity index (χ3v) is 1.79. The maximum Gasteiger partial charge on any atom is 0.0524 e. The van der Waals surface area contributed by atoms with Gasteiger partial charge in [0.2, 0.25) is 0 Å². The summed E-state index contributed by atoms with van der Waals surface area (Å²) in [5.74, 6) is 0. The third kappa shape index (κ3) is 4.60. The molecule has 0 spiro atoms. The second-order valence-electron chi connectivity index (χ2n) is 3.18. The zero-order valence-electron chi connectivity index (χ0n) is 7.90. The van der Waals surface area contributed by atoms with Gasteiger partial charge in [0.05, 0.1) is 6.10 Å². The molecule has 0 aliphatic rings. The summed E-state index contributed by atoms with van der Waals surface area (Å²) < 4.78 is 0. The number of aromatic nitrogens is 1. The highest BCUT2D eigenvalue weighted by Crippen LogP contribution is 1.94. The Labute approximate surface area is 78.8 Å². The number of nitrogens with zero attached hydrogens (tertiary/aromatic N) is 1. The molecule has 13 heavy (non-hydrogen) atoms. The van der Waals surface area contributed by atoms with Crippen LogP contribution >= 0.6 is 0 Å². The van der Waals surface area contributed by atoms with Crippen molar-refractivity contribution in [2.45, 2.75) is 26.0 Å². The minimum atomic E-state index is -0.221. The number of pyridine rings is 1. The van der Waals surface area contributed by atoms with Crippen LogP contribution in [0.3, 0.4) is 0 Å². The number of aliphatic hydroxyl groups is 1. The average molecular weight is 180 g/mol. The van der Waals surface area contributed by atoms with E-state index in [9.17, 15) is 0 Å². The summed E-state index contributed by atoms with van der Waals surface area (Å²) in [5.41, 5.74) is 1.17. The first-order chi connectivity index (χ1) is 6.29. The summed E-state index contributed by atoms with van der Waals surface area (Å²) in [6.45, 7) is 3.46. The topological polar surface area (TPSA) is 45.1 Å². The molecule has 0 aliphatic heterocycles. The molecule has 0 amide bonds. The van der Waals surface area contributed by atoms with Gasteiger partial charge >= 0.3 is 0 Å². The van der Waals surface area contributed by atoms with Gasteiger partial charge in [0.15, 0.2) is 0 Å². The van der Waals surface area contributed by atoms with Crippen LogP contribution in [0, 0.1) is 0 Å². The summed E-state index contributed by atoms with van der Waals surface area (Å²) in [4.78, 5) is 4.01. The molecule has 1 atom stereocenters. The summed E-state index contributed by atoms with van der Waals surface area (Å²) in [5, 5.41) is 12.2. The van der Waals surface area contributed by atoms with Crippen LogP contribution in [-0.2, 0) is 6.54 Å². The maximum atomic E-state index is 9.00. The van der Waals surface area contributed by atoms with E-state index in [0.29, 0.717) is 0 Å². The van der Waals surface area contributed by atoms with Crippen molar-refractivity contribution in [3.8, 4) is 0 Å². The minimum Gasteiger partial charge on any atom is -0.393 e. The van der Waals surface area contributed by atoms with Crippen molar-refractivity contribution in [1.82, 2.24) is 10.3 Å².